The number of carbonyl (C=O) groups excluding carboxylic acids is 1. The molecule has 0 aliphatic heterocycles. The lowest BCUT2D eigenvalue weighted by Gasteiger charge is -2.31. The number of amides is 1. The molecule has 0 spiro atoms. The van der Waals surface area contributed by atoms with E-state index in [2.05, 4.69) is 5.32 Å². The maximum Gasteiger partial charge on any atom is 0.249 e. The molecule has 1 amide bonds. The van der Waals surface area contributed by atoms with Gasteiger partial charge in [-0.3, -0.25) is 4.79 Å². The quantitative estimate of drug-likeness (QED) is 0.431. The smallest absolute Gasteiger partial charge is 0.249 e. The molecule has 5 heteroatoms. The molecule has 0 fully saturated rings. The monoisotopic (exact) mass is 233 g/mol. The van der Waals surface area contributed by atoms with E-state index in [4.69, 9.17) is 5.11 Å². The van der Waals surface area contributed by atoms with Gasteiger partial charge in [0.1, 0.15) is 6.10 Å². The molecule has 0 radical (unpaired) electrons. The zero-order valence-electron chi connectivity index (χ0n) is 10.1. The van der Waals surface area contributed by atoms with Crippen LogP contribution in [0.1, 0.15) is 33.1 Å². The van der Waals surface area contributed by atoms with Gasteiger partial charge < -0.3 is 20.6 Å². The summed E-state index contributed by atoms with van der Waals surface area (Å²) in [6.07, 6.45) is 0.620. The Morgan fingerprint density at radius 2 is 2.06 bits per heavy atom. The highest BCUT2D eigenvalue weighted by atomic mass is 16.3. The molecule has 0 aliphatic carbocycles. The summed E-state index contributed by atoms with van der Waals surface area (Å²) in [5, 5.41) is 30.1. The molecule has 0 saturated heterocycles. The van der Waals surface area contributed by atoms with Crippen LogP contribution in [0, 0.1) is 5.41 Å². The molecule has 0 saturated carbocycles. The fraction of sp³-hybridized carbons (Fsp3) is 0.909. The first-order chi connectivity index (χ1) is 7.51. The molecular weight excluding hydrogens is 210 g/mol. The molecule has 16 heavy (non-hydrogen) atoms. The molecule has 4 N–H and O–H groups in total. The first-order valence-corrected chi connectivity index (χ1v) is 5.69. The number of carbonyl (C=O) groups is 1. The van der Waals surface area contributed by atoms with Crippen molar-refractivity contribution in [3.05, 3.63) is 0 Å². The van der Waals surface area contributed by atoms with E-state index in [1.807, 2.05) is 6.92 Å². The van der Waals surface area contributed by atoms with E-state index in [0.29, 0.717) is 19.4 Å². The molecule has 0 aromatic heterocycles. The minimum Gasteiger partial charge on any atom is -0.396 e. The minimum atomic E-state index is -1.21. The Morgan fingerprint density at radius 1 is 1.44 bits per heavy atom. The van der Waals surface area contributed by atoms with Crippen molar-refractivity contribution >= 4 is 5.91 Å². The van der Waals surface area contributed by atoms with Gasteiger partial charge in [0, 0.05) is 18.6 Å². The van der Waals surface area contributed by atoms with E-state index in [9.17, 15) is 15.0 Å². The number of hydrogen-bond acceptors (Lipinski definition) is 4. The van der Waals surface area contributed by atoms with Crippen molar-refractivity contribution in [1.82, 2.24) is 5.32 Å². The lowest BCUT2D eigenvalue weighted by Crippen LogP contribution is -2.47. The lowest BCUT2D eigenvalue weighted by molar-refractivity contribution is -0.138. The second-order valence-corrected chi connectivity index (χ2v) is 4.33. The van der Waals surface area contributed by atoms with Crippen LogP contribution in [0.15, 0.2) is 0 Å². The Balaban J connectivity index is 4.26. The standard InChI is InChI=1S/C11H23NO4/c1-3-5-11(2,8-14)9(15)10(16)12-6-4-7-13/h9,13-15H,3-8H2,1-2H3,(H,12,16). The van der Waals surface area contributed by atoms with E-state index < -0.39 is 17.4 Å². The van der Waals surface area contributed by atoms with E-state index in [0.717, 1.165) is 6.42 Å². The number of nitrogens with one attached hydrogen (secondary N) is 1. The van der Waals surface area contributed by atoms with Crippen molar-refractivity contribution < 1.29 is 20.1 Å². The summed E-state index contributed by atoms with van der Waals surface area (Å²) >= 11 is 0. The van der Waals surface area contributed by atoms with Crippen molar-refractivity contribution in [3.63, 3.8) is 0 Å². The van der Waals surface area contributed by atoms with Crippen LogP contribution in [0.5, 0.6) is 0 Å². The van der Waals surface area contributed by atoms with Gasteiger partial charge in [0.15, 0.2) is 0 Å². The van der Waals surface area contributed by atoms with Crippen molar-refractivity contribution in [2.45, 2.75) is 39.2 Å². The molecule has 2 unspecified atom stereocenters. The molecule has 0 bridgehead atoms. The Hall–Kier alpha value is -0.650. The van der Waals surface area contributed by atoms with Gasteiger partial charge in [-0.05, 0) is 12.8 Å². The van der Waals surface area contributed by atoms with Crippen molar-refractivity contribution in [2.24, 2.45) is 5.41 Å². The molecule has 0 heterocycles. The number of hydrogen-bond donors (Lipinski definition) is 4. The summed E-state index contributed by atoms with van der Waals surface area (Å²) in [4.78, 5) is 11.5. The van der Waals surface area contributed by atoms with Gasteiger partial charge in [-0.2, -0.15) is 0 Å². The highest BCUT2D eigenvalue weighted by Crippen LogP contribution is 2.27. The van der Waals surface area contributed by atoms with Gasteiger partial charge in [-0.25, -0.2) is 0 Å². The van der Waals surface area contributed by atoms with Crippen molar-refractivity contribution in [3.8, 4) is 0 Å². The fourth-order valence-electron chi connectivity index (χ4n) is 1.58. The van der Waals surface area contributed by atoms with Crippen molar-refractivity contribution in [2.75, 3.05) is 19.8 Å². The maximum atomic E-state index is 11.5. The van der Waals surface area contributed by atoms with E-state index >= 15 is 0 Å². The third-order valence-electron chi connectivity index (χ3n) is 2.72. The first kappa shape index (κ1) is 15.3. The van der Waals surface area contributed by atoms with Gasteiger partial charge in [-0.15, -0.1) is 0 Å². The normalized spacial score (nSPS) is 16.6. The van der Waals surface area contributed by atoms with Gasteiger partial charge in [0.05, 0.1) is 6.61 Å². The molecule has 0 rings (SSSR count). The molecule has 96 valence electrons. The average molecular weight is 233 g/mol. The van der Waals surface area contributed by atoms with E-state index in [1.54, 1.807) is 6.92 Å². The van der Waals surface area contributed by atoms with Crippen LogP contribution in [-0.2, 0) is 4.79 Å². The Kier molecular flexibility index (Phi) is 7.29. The predicted molar refractivity (Wildman–Crippen MR) is 60.8 cm³/mol. The Labute approximate surface area is 96.5 Å². The molecule has 0 aromatic rings. The second-order valence-electron chi connectivity index (χ2n) is 4.33. The fourth-order valence-corrected chi connectivity index (χ4v) is 1.58. The summed E-state index contributed by atoms with van der Waals surface area (Å²) in [6.45, 7) is 3.73. The first-order valence-electron chi connectivity index (χ1n) is 5.69. The maximum absolute atomic E-state index is 11.5. The SMILES string of the molecule is CCCC(C)(CO)C(O)C(=O)NCCCO. The van der Waals surface area contributed by atoms with Gasteiger partial charge in [-0.1, -0.05) is 20.3 Å². The molecule has 5 nitrogen and oxygen atoms in total. The van der Waals surface area contributed by atoms with E-state index in [-0.39, 0.29) is 13.2 Å². The summed E-state index contributed by atoms with van der Waals surface area (Å²) in [6, 6.07) is 0. The second kappa shape index (κ2) is 7.60. The number of aliphatic hydroxyl groups excluding tert-OH is 3. The van der Waals surface area contributed by atoms with Gasteiger partial charge in [0.2, 0.25) is 5.91 Å². The van der Waals surface area contributed by atoms with Gasteiger partial charge in [0.25, 0.3) is 0 Å². The lowest BCUT2D eigenvalue weighted by atomic mass is 9.80. The third-order valence-corrected chi connectivity index (χ3v) is 2.72. The van der Waals surface area contributed by atoms with Crippen LogP contribution in [0.4, 0.5) is 0 Å². The third kappa shape index (κ3) is 4.47. The minimum absolute atomic E-state index is 0.00258. The summed E-state index contributed by atoms with van der Waals surface area (Å²) in [7, 11) is 0. The van der Waals surface area contributed by atoms with Crippen LogP contribution < -0.4 is 5.32 Å². The zero-order chi connectivity index (χ0) is 12.6. The van der Waals surface area contributed by atoms with Gasteiger partial charge >= 0.3 is 0 Å². The number of rotatable bonds is 8. The summed E-state index contributed by atoms with van der Waals surface area (Å²) in [5.74, 6) is -0.488. The molecule has 0 aromatic carbocycles. The van der Waals surface area contributed by atoms with Crippen LogP contribution in [0.25, 0.3) is 0 Å². The molecule has 0 aliphatic rings. The van der Waals surface area contributed by atoms with Crippen molar-refractivity contribution in [1.29, 1.82) is 0 Å². The van der Waals surface area contributed by atoms with Crippen LogP contribution in [0.2, 0.25) is 0 Å². The van der Waals surface area contributed by atoms with Crippen LogP contribution in [-0.4, -0.2) is 47.1 Å². The topological polar surface area (TPSA) is 89.8 Å². The Morgan fingerprint density at radius 3 is 2.50 bits per heavy atom. The number of aliphatic hydroxyl groups is 3. The zero-order valence-corrected chi connectivity index (χ0v) is 10.1. The highest BCUT2D eigenvalue weighted by molar-refractivity contribution is 5.81. The molecule has 2 atom stereocenters. The highest BCUT2D eigenvalue weighted by Gasteiger charge is 2.36. The molecular formula is C11H23NO4. The summed E-state index contributed by atoms with van der Waals surface area (Å²) < 4.78 is 0. The largest absolute Gasteiger partial charge is 0.396 e. The van der Waals surface area contributed by atoms with Crippen LogP contribution in [0.3, 0.4) is 0 Å². The van der Waals surface area contributed by atoms with Crippen LogP contribution >= 0.6 is 0 Å². The summed E-state index contributed by atoms with van der Waals surface area (Å²) in [5.41, 5.74) is -0.794. The predicted octanol–water partition coefficient (Wildman–Crippen LogP) is -0.355. The van der Waals surface area contributed by atoms with E-state index in [1.165, 1.54) is 0 Å². The Bertz CT molecular complexity index is 210. The average Bonchev–Trinajstić information content (AvgIpc) is 2.28.